The monoisotopic (exact) mass is 207 g/mol. The fourth-order valence-corrected chi connectivity index (χ4v) is 2.27. The van der Waals surface area contributed by atoms with E-state index < -0.39 is 0 Å². The van der Waals surface area contributed by atoms with Crippen molar-refractivity contribution in [3.05, 3.63) is 23.5 Å². The highest BCUT2D eigenvalue weighted by molar-refractivity contribution is 7.15. The van der Waals surface area contributed by atoms with Gasteiger partial charge in [0.25, 0.3) is 0 Å². The minimum absolute atomic E-state index is 0.502. The Hall–Kier alpha value is -1.16. The molecule has 14 heavy (non-hydrogen) atoms. The van der Waals surface area contributed by atoms with Crippen molar-refractivity contribution in [2.24, 2.45) is 7.05 Å². The van der Waals surface area contributed by atoms with Crippen molar-refractivity contribution >= 4 is 11.3 Å². The van der Waals surface area contributed by atoms with E-state index in [2.05, 4.69) is 23.9 Å². The van der Waals surface area contributed by atoms with Crippen LogP contribution >= 0.6 is 11.3 Å². The Morgan fingerprint density at radius 1 is 1.43 bits per heavy atom. The van der Waals surface area contributed by atoms with Crippen LogP contribution in [0.2, 0.25) is 0 Å². The van der Waals surface area contributed by atoms with Crippen molar-refractivity contribution in [2.75, 3.05) is 0 Å². The van der Waals surface area contributed by atoms with Crippen molar-refractivity contribution < 1.29 is 0 Å². The van der Waals surface area contributed by atoms with Gasteiger partial charge in [-0.1, -0.05) is 13.8 Å². The van der Waals surface area contributed by atoms with Crippen LogP contribution < -0.4 is 0 Å². The average molecular weight is 207 g/mol. The maximum atomic E-state index is 4.39. The molecule has 2 aromatic heterocycles. The molecule has 3 nitrogen and oxygen atoms in total. The van der Waals surface area contributed by atoms with Crippen LogP contribution in [0.3, 0.4) is 0 Å². The first-order valence-corrected chi connectivity index (χ1v) is 5.44. The normalized spacial score (nSPS) is 11.1. The number of aryl methyl sites for hydroxylation is 1. The Morgan fingerprint density at radius 2 is 2.21 bits per heavy atom. The fourth-order valence-electron chi connectivity index (χ4n) is 1.29. The van der Waals surface area contributed by atoms with Gasteiger partial charge < -0.3 is 0 Å². The standard InChI is InChI=1S/C10H13N3S/c1-7(2)10-11-6-9(14-10)8-4-5-12-13(8)3/h4-7H,1-3H3. The van der Waals surface area contributed by atoms with Gasteiger partial charge in [0.1, 0.15) is 0 Å². The molecule has 0 fully saturated rings. The summed E-state index contributed by atoms with van der Waals surface area (Å²) in [6, 6.07) is 2.01. The summed E-state index contributed by atoms with van der Waals surface area (Å²) in [5, 5.41) is 5.32. The van der Waals surface area contributed by atoms with E-state index in [9.17, 15) is 0 Å². The second-order valence-corrected chi connectivity index (χ2v) is 4.62. The molecule has 0 radical (unpaired) electrons. The van der Waals surface area contributed by atoms with Crippen molar-refractivity contribution in [2.45, 2.75) is 19.8 Å². The van der Waals surface area contributed by atoms with Crippen LogP contribution in [0.4, 0.5) is 0 Å². The summed E-state index contributed by atoms with van der Waals surface area (Å²) >= 11 is 1.74. The highest BCUT2D eigenvalue weighted by Gasteiger charge is 2.09. The summed E-state index contributed by atoms with van der Waals surface area (Å²) in [6.07, 6.45) is 3.74. The summed E-state index contributed by atoms with van der Waals surface area (Å²) < 4.78 is 1.87. The Bertz CT molecular complexity index is 428. The molecule has 4 heteroatoms. The van der Waals surface area contributed by atoms with E-state index in [0.29, 0.717) is 5.92 Å². The number of aromatic nitrogens is 3. The SMILES string of the molecule is CC(C)c1ncc(-c2ccnn2C)s1. The summed E-state index contributed by atoms with van der Waals surface area (Å²) in [5.74, 6) is 0.502. The van der Waals surface area contributed by atoms with Crippen LogP contribution in [0.25, 0.3) is 10.6 Å². The molecule has 74 valence electrons. The number of hydrogen-bond donors (Lipinski definition) is 0. The highest BCUT2D eigenvalue weighted by Crippen LogP contribution is 2.28. The van der Waals surface area contributed by atoms with E-state index in [4.69, 9.17) is 0 Å². The van der Waals surface area contributed by atoms with Gasteiger partial charge in [-0.3, -0.25) is 4.68 Å². The van der Waals surface area contributed by atoms with Crippen LogP contribution in [-0.2, 0) is 7.05 Å². The van der Waals surface area contributed by atoms with Gasteiger partial charge in [-0.25, -0.2) is 4.98 Å². The Labute approximate surface area is 87.4 Å². The molecule has 2 heterocycles. The number of hydrogen-bond acceptors (Lipinski definition) is 3. The first-order valence-electron chi connectivity index (χ1n) is 4.62. The summed E-state index contributed by atoms with van der Waals surface area (Å²) in [6.45, 7) is 4.32. The molecule has 2 aromatic rings. The molecule has 0 amide bonds. The largest absolute Gasteiger partial charge is 0.267 e. The van der Waals surface area contributed by atoms with Crippen molar-refractivity contribution in [1.82, 2.24) is 14.8 Å². The Kier molecular flexibility index (Phi) is 2.37. The molecule has 0 aromatic carbocycles. The van der Waals surface area contributed by atoms with Crippen molar-refractivity contribution in [3.63, 3.8) is 0 Å². The first-order chi connectivity index (χ1) is 6.68. The number of thiazole rings is 1. The summed E-state index contributed by atoms with van der Waals surface area (Å²) in [5.41, 5.74) is 1.13. The number of nitrogens with zero attached hydrogens (tertiary/aromatic N) is 3. The molecule has 0 saturated heterocycles. The third kappa shape index (κ3) is 1.57. The lowest BCUT2D eigenvalue weighted by Crippen LogP contribution is -1.91. The van der Waals surface area contributed by atoms with E-state index in [1.54, 1.807) is 11.3 Å². The van der Waals surface area contributed by atoms with Gasteiger partial charge in [0, 0.05) is 25.4 Å². The maximum absolute atomic E-state index is 4.39. The predicted molar refractivity (Wildman–Crippen MR) is 58.4 cm³/mol. The van der Waals surface area contributed by atoms with Gasteiger partial charge in [0.2, 0.25) is 0 Å². The van der Waals surface area contributed by atoms with Gasteiger partial charge in [-0.2, -0.15) is 5.10 Å². The fraction of sp³-hybridized carbons (Fsp3) is 0.400. The molecule has 0 N–H and O–H groups in total. The smallest absolute Gasteiger partial charge is 0.0957 e. The van der Waals surface area contributed by atoms with Crippen LogP contribution in [0.5, 0.6) is 0 Å². The van der Waals surface area contributed by atoms with Gasteiger partial charge >= 0.3 is 0 Å². The van der Waals surface area contributed by atoms with Crippen LogP contribution in [0.15, 0.2) is 18.5 Å². The van der Waals surface area contributed by atoms with Crippen LogP contribution in [0, 0.1) is 0 Å². The minimum Gasteiger partial charge on any atom is -0.267 e. The number of rotatable bonds is 2. The van der Waals surface area contributed by atoms with Gasteiger partial charge in [0.05, 0.1) is 15.6 Å². The summed E-state index contributed by atoms with van der Waals surface area (Å²) in [4.78, 5) is 5.58. The van der Waals surface area contributed by atoms with Gasteiger partial charge in [-0.15, -0.1) is 11.3 Å². The molecule has 0 unspecified atom stereocenters. The second-order valence-electron chi connectivity index (χ2n) is 3.56. The van der Waals surface area contributed by atoms with E-state index in [-0.39, 0.29) is 0 Å². The minimum atomic E-state index is 0.502. The average Bonchev–Trinajstić information content (AvgIpc) is 2.71. The lowest BCUT2D eigenvalue weighted by atomic mass is 10.2. The van der Waals surface area contributed by atoms with Gasteiger partial charge in [-0.05, 0) is 6.07 Å². The summed E-state index contributed by atoms with van der Waals surface area (Å²) in [7, 11) is 1.95. The third-order valence-electron chi connectivity index (χ3n) is 2.09. The van der Waals surface area contributed by atoms with E-state index in [1.807, 2.05) is 30.2 Å². The molecular weight excluding hydrogens is 194 g/mol. The molecule has 0 bridgehead atoms. The molecule has 0 spiro atoms. The Balaban J connectivity index is 2.39. The maximum Gasteiger partial charge on any atom is 0.0957 e. The van der Waals surface area contributed by atoms with Crippen LogP contribution in [0.1, 0.15) is 24.8 Å². The van der Waals surface area contributed by atoms with Crippen molar-refractivity contribution in [1.29, 1.82) is 0 Å². The van der Waals surface area contributed by atoms with Gasteiger partial charge in [0.15, 0.2) is 0 Å². The topological polar surface area (TPSA) is 30.7 Å². The second kappa shape index (κ2) is 3.53. The third-order valence-corrected chi connectivity index (χ3v) is 3.41. The Morgan fingerprint density at radius 3 is 2.71 bits per heavy atom. The molecule has 2 rings (SSSR count). The van der Waals surface area contributed by atoms with Crippen molar-refractivity contribution in [3.8, 4) is 10.6 Å². The molecule has 0 saturated carbocycles. The lowest BCUT2D eigenvalue weighted by molar-refractivity contribution is 0.777. The highest BCUT2D eigenvalue weighted by atomic mass is 32.1. The quantitative estimate of drug-likeness (QED) is 0.758. The van der Waals surface area contributed by atoms with E-state index >= 15 is 0 Å². The predicted octanol–water partition coefficient (Wildman–Crippen LogP) is 2.67. The zero-order valence-electron chi connectivity index (χ0n) is 8.56. The molecule has 0 aliphatic rings. The van der Waals surface area contributed by atoms with E-state index in [0.717, 1.165) is 5.69 Å². The van der Waals surface area contributed by atoms with E-state index in [1.165, 1.54) is 9.88 Å². The molecule has 0 aliphatic carbocycles. The molecule has 0 atom stereocenters. The molecular formula is C10H13N3S. The lowest BCUT2D eigenvalue weighted by Gasteiger charge is -1.97. The zero-order chi connectivity index (χ0) is 10.1. The van der Waals surface area contributed by atoms with Crippen LogP contribution in [-0.4, -0.2) is 14.8 Å². The zero-order valence-corrected chi connectivity index (χ0v) is 9.38. The first kappa shape index (κ1) is 9.40. The molecule has 0 aliphatic heterocycles.